The summed E-state index contributed by atoms with van der Waals surface area (Å²) in [7, 11) is 0. The molecule has 1 aliphatic rings. The van der Waals surface area contributed by atoms with Crippen LogP contribution in [-0.4, -0.2) is 22.2 Å². The maximum Gasteiger partial charge on any atom is 0.332 e. The molecule has 0 aliphatic heterocycles. The van der Waals surface area contributed by atoms with Crippen molar-refractivity contribution in [3.8, 4) is 0 Å². The van der Waals surface area contributed by atoms with Crippen LogP contribution in [0.2, 0.25) is 0 Å². The molecule has 0 heterocycles. The fourth-order valence-electron chi connectivity index (χ4n) is 0.867. The third-order valence-electron chi connectivity index (χ3n) is 1.51. The van der Waals surface area contributed by atoms with E-state index in [0.717, 1.165) is 18.4 Å². The van der Waals surface area contributed by atoms with E-state index in [4.69, 9.17) is 10.2 Å². The van der Waals surface area contributed by atoms with E-state index < -0.39 is 11.9 Å². The molecule has 0 unspecified atom stereocenters. The third-order valence-corrected chi connectivity index (χ3v) is 1.51. The van der Waals surface area contributed by atoms with Gasteiger partial charge in [-0.2, -0.15) is 0 Å². The molecule has 2 N–H and O–H groups in total. The highest BCUT2D eigenvalue weighted by atomic mass is 16.4. The van der Waals surface area contributed by atoms with Crippen LogP contribution in [0.1, 0.15) is 19.3 Å². The summed E-state index contributed by atoms with van der Waals surface area (Å²) in [6.07, 6.45) is 1.13. The molecule has 4 nitrogen and oxygen atoms in total. The molecular formula is C7H8O4. The van der Waals surface area contributed by atoms with Crippen molar-refractivity contribution in [2.24, 2.45) is 0 Å². The van der Waals surface area contributed by atoms with Gasteiger partial charge < -0.3 is 10.2 Å². The lowest BCUT2D eigenvalue weighted by Gasteiger charge is -1.94. The fourth-order valence-corrected chi connectivity index (χ4v) is 0.867. The van der Waals surface area contributed by atoms with Gasteiger partial charge in [-0.15, -0.1) is 0 Å². The van der Waals surface area contributed by atoms with E-state index in [-0.39, 0.29) is 12.0 Å². The van der Waals surface area contributed by atoms with Gasteiger partial charge in [0.1, 0.15) is 0 Å². The lowest BCUT2D eigenvalue weighted by Crippen LogP contribution is -2.06. The van der Waals surface area contributed by atoms with Crippen molar-refractivity contribution in [2.75, 3.05) is 0 Å². The second kappa shape index (κ2) is 2.74. The number of rotatable bonds is 3. The van der Waals surface area contributed by atoms with E-state index in [0.29, 0.717) is 0 Å². The van der Waals surface area contributed by atoms with E-state index >= 15 is 0 Å². The van der Waals surface area contributed by atoms with Crippen LogP contribution in [0.3, 0.4) is 0 Å². The standard InChI is InChI=1S/C7H8O4/c8-6(9)3-5(7(10)11)4-1-2-4/h1-3H2,(H,8,9)(H,10,11). The van der Waals surface area contributed by atoms with E-state index in [1.165, 1.54) is 0 Å². The second-order valence-corrected chi connectivity index (χ2v) is 2.46. The zero-order valence-corrected chi connectivity index (χ0v) is 5.83. The van der Waals surface area contributed by atoms with Gasteiger partial charge in [-0.3, -0.25) is 4.79 Å². The third kappa shape index (κ3) is 2.07. The monoisotopic (exact) mass is 156 g/mol. The predicted octanol–water partition coefficient (Wildman–Crippen LogP) is 0.636. The Balaban J connectivity index is 2.70. The van der Waals surface area contributed by atoms with Crippen LogP contribution in [0.4, 0.5) is 0 Å². The van der Waals surface area contributed by atoms with Crippen LogP contribution in [-0.2, 0) is 9.59 Å². The van der Waals surface area contributed by atoms with Crippen LogP contribution in [0, 0.1) is 0 Å². The van der Waals surface area contributed by atoms with Crippen molar-refractivity contribution in [3.05, 3.63) is 11.1 Å². The quantitative estimate of drug-likeness (QED) is 0.588. The Morgan fingerprint density at radius 1 is 1.27 bits per heavy atom. The number of hydrogen-bond donors (Lipinski definition) is 2. The van der Waals surface area contributed by atoms with Gasteiger partial charge in [0.25, 0.3) is 0 Å². The number of hydrogen-bond acceptors (Lipinski definition) is 2. The predicted molar refractivity (Wildman–Crippen MR) is 36.1 cm³/mol. The number of carboxylic acid groups (broad SMARTS) is 2. The van der Waals surface area contributed by atoms with E-state index in [1.807, 2.05) is 0 Å². The Bertz CT molecular complexity index is 233. The minimum Gasteiger partial charge on any atom is -0.481 e. The molecule has 1 rings (SSSR count). The molecule has 0 saturated heterocycles. The number of allylic oxidation sites excluding steroid dienone is 1. The molecule has 4 heteroatoms. The summed E-state index contributed by atoms with van der Waals surface area (Å²) >= 11 is 0. The summed E-state index contributed by atoms with van der Waals surface area (Å²) in [4.78, 5) is 20.5. The minimum absolute atomic E-state index is 0.0671. The van der Waals surface area contributed by atoms with Crippen LogP contribution in [0.5, 0.6) is 0 Å². The molecule has 0 atom stereocenters. The number of carboxylic acids is 2. The highest BCUT2D eigenvalue weighted by Crippen LogP contribution is 2.32. The van der Waals surface area contributed by atoms with Gasteiger partial charge in [0.2, 0.25) is 0 Å². The largest absolute Gasteiger partial charge is 0.481 e. The first-order chi connectivity index (χ1) is 5.11. The van der Waals surface area contributed by atoms with Gasteiger partial charge in [0.05, 0.1) is 6.42 Å². The average Bonchev–Trinajstić information content (AvgIpc) is 2.63. The molecule has 11 heavy (non-hydrogen) atoms. The summed E-state index contributed by atoms with van der Waals surface area (Å²) in [5, 5.41) is 16.8. The Morgan fingerprint density at radius 2 is 1.82 bits per heavy atom. The Morgan fingerprint density at radius 3 is 2.09 bits per heavy atom. The molecule has 1 aliphatic carbocycles. The summed E-state index contributed by atoms with van der Waals surface area (Å²) in [6, 6.07) is 0. The van der Waals surface area contributed by atoms with Gasteiger partial charge in [0.15, 0.2) is 0 Å². The van der Waals surface area contributed by atoms with Crippen LogP contribution in [0.25, 0.3) is 0 Å². The van der Waals surface area contributed by atoms with E-state index in [2.05, 4.69) is 0 Å². The molecule has 60 valence electrons. The van der Waals surface area contributed by atoms with Crippen LogP contribution >= 0.6 is 0 Å². The molecule has 0 amide bonds. The van der Waals surface area contributed by atoms with Gasteiger partial charge >= 0.3 is 11.9 Å². The minimum atomic E-state index is -1.10. The molecular weight excluding hydrogens is 148 g/mol. The molecule has 1 fully saturated rings. The van der Waals surface area contributed by atoms with Crippen molar-refractivity contribution < 1.29 is 19.8 Å². The number of aliphatic carboxylic acids is 2. The lowest BCUT2D eigenvalue weighted by molar-refractivity contribution is -0.139. The van der Waals surface area contributed by atoms with Crippen molar-refractivity contribution >= 4 is 11.9 Å². The van der Waals surface area contributed by atoms with E-state index in [9.17, 15) is 9.59 Å². The Hall–Kier alpha value is -1.32. The first-order valence-electron chi connectivity index (χ1n) is 3.27. The van der Waals surface area contributed by atoms with Crippen molar-refractivity contribution in [2.45, 2.75) is 19.3 Å². The van der Waals surface area contributed by atoms with Crippen molar-refractivity contribution in [1.82, 2.24) is 0 Å². The zero-order valence-electron chi connectivity index (χ0n) is 5.83. The summed E-state index contributed by atoms with van der Waals surface area (Å²) in [5.74, 6) is -2.18. The smallest absolute Gasteiger partial charge is 0.332 e. The molecule has 0 aromatic heterocycles. The normalized spacial score (nSPS) is 14.4. The second-order valence-electron chi connectivity index (χ2n) is 2.46. The van der Waals surface area contributed by atoms with Gasteiger partial charge in [-0.05, 0) is 12.8 Å². The molecule has 0 spiro atoms. The number of carbonyl (C=O) groups is 2. The first-order valence-corrected chi connectivity index (χ1v) is 3.27. The fraction of sp³-hybridized carbons (Fsp3) is 0.429. The lowest BCUT2D eigenvalue weighted by atomic mass is 10.2. The van der Waals surface area contributed by atoms with Crippen molar-refractivity contribution in [3.63, 3.8) is 0 Å². The maximum atomic E-state index is 10.4. The first kappa shape index (κ1) is 7.78. The molecule has 0 aromatic carbocycles. The molecule has 1 saturated carbocycles. The highest BCUT2D eigenvalue weighted by molar-refractivity contribution is 5.93. The molecule has 0 bridgehead atoms. The summed E-state index contributed by atoms with van der Waals surface area (Å²) in [6.45, 7) is 0. The van der Waals surface area contributed by atoms with Crippen LogP contribution in [0.15, 0.2) is 11.1 Å². The van der Waals surface area contributed by atoms with Gasteiger partial charge in [-0.1, -0.05) is 5.57 Å². The SMILES string of the molecule is O=C(O)CC(C(=O)O)=C1CC1. The molecule has 0 aromatic rings. The Labute approximate surface area is 63.1 Å². The molecule has 0 radical (unpaired) electrons. The Kier molecular flexibility index (Phi) is 1.94. The summed E-state index contributed by atoms with van der Waals surface area (Å²) in [5.41, 5.74) is 0.845. The average molecular weight is 156 g/mol. The topological polar surface area (TPSA) is 74.6 Å². The maximum absolute atomic E-state index is 10.4. The van der Waals surface area contributed by atoms with E-state index in [1.54, 1.807) is 0 Å². The summed E-state index contributed by atoms with van der Waals surface area (Å²) < 4.78 is 0. The van der Waals surface area contributed by atoms with Crippen molar-refractivity contribution in [1.29, 1.82) is 0 Å². The van der Waals surface area contributed by atoms with Crippen LogP contribution < -0.4 is 0 Å². The van der Waals surface area contributed by atoms with Gasteiger partial charge in [-0.25, -0.2) is 4.79 Å². The highest BCUT2D eigenvalue weighted by Gasteiger charge is 2.23. The van der Waals surface area contributed by atoms with Gasteiger partial charge in [0, 0.05) is 5.57 Å². The zero-order chi connectivity index (χ0) is 8.43.